The quantitative estimate of drug-likeness (QED) is 0.567. The monoisotopic (exact) mass is 401 g/mol. The van der Waals surface area contributed by atoms with Crippen LogP contribution in [0.25, 0.3) is 11.3 Å². The Morgan fingerprint density at radius 1 is 1.17 bits per heavy atom. The van der Waals surface area contributed by atoms with Gasteiger partial charge in [0.15, 0.2) is 0 Å². The van der Waals surface area contributed by atoms with E-state index in [-0.39, 0.29) is 6.04 Å². The lowest BCUT2D eigenvalue weighted by atomic mass is 10.0. The molecule has 2 aromatic rings. The molecule has 1 aliphatic heterocycles. The SMILES string of the molecule is CCOCCCNC(CC(C)C)c1nc(-c2ccccc2)c(N2CCOCC2)o1. The first kappa shape index (κ1) is 21.8. The van der Waals surface area contributed by atoms with E-state index < -0.39 is 0 Å². The fourth-order valence-corrected chi connectivity index (χ4v) is 3.58. The third kappa shape index (κ3) is 6.29. The zero-order valence-electron chi connectivity index (χ0n) is 18.0. The molecule has 6 heteroatoms. The van der Waals surface area contributed by atoms with Gasteiger partial charge < -0.3 is 24.1 Å². The van der Waals surface area contributed by atoms with Gasteiger partial charge in [0, 0.05) is 31.9 Å². The molecule has 0 spiro atoms. The first-order valence-corrected chi connectivity index (χ1v) is 10.9. The molecule has 1 aliphatic rings. The standard InChI is InChI=1S/C23H35N3O3/c1-4-27-14-8-11-24-20(17-18(2)3)22-25-21(19-9-6-5-7-10-19)23(29-22)26-12-15-28-16-13-26/h5-7,9-10,18,20,24H,4,8,11-17H2,1-3H3. The summed E-state index contributed by atoms with van der Waals surface area (Å²) < 4.78 is 17.4. The highest BCUT2D eigenvalue weighted by atomic mass is 16.5. The van der Waals surface area contributed by atoms with E-state index in [1.807, 2.05) is 25.1 Å². The molecule has 2 heterocycles. The average Bonchev–Trinajstić information content (AvgIpc) is 3.19. The number of hydrogen-bond donors (Lipinski definition) is 1. The second-order valence-corrected chi connectivity index (χ2v) is 7.86. The predicted molar refractivity (Wildman–Crippen MR) is 116 cm³/mol. The Morgan fingerprint density at radius 3 is 2.62 bits per heavy atom. The first-order valence-electron chi connectivity index (χ1n) is 10.9. The highest BCUT2D eigenvalue weighted by molar-refractivity contribution is 5.71. The lowest BCUT2D eigenvalue weighted by Gasteiger charge is -2.27. The molecule has 0 aliphatic carbocycles. The van der Waals surface area contributed by atoms with Gasteiger partial charge >= 0.3 is 0 Å². The van der Waals surface area contributed by atoms with Crippen LogP contribution in [0.3, 0.4) is 0 Å². The Balaban J connectivity index is 1.84. The van der Waals surface area contributed by atoms with Crippen molar-refractivity contribution in [1.82, 2.24) is 10.3 Å². The molecule has 1 atom stereocenters. The maximum atomic E-state index is 6.42. The minimum absolute atomic E-state index is 0.0916. The zero-order valence-corrected chi connectivity index (χ0v) is 18.0. The van der Waals surface area contributed by atoms with Crippen molar-refractivity contribution in [1.29, 1.82) is 0 Å². The molecule has 1 aromatic carbocycles. The number of anilines is 1. The lowest BCUT2D eigenvalue weighted by molar-refractivity contribution is 0.120. The largest absolute Gasteiger partial charge is 0.423 e. The number of benzene rings is 1. The van der Waals surface area contributed by atoms with Crippen LogP contribution in [0, 0.1) is 5.92 Å². The molecule has 1 fully saturated rings. The maximum absolute atomic E-state index is 6.42. The van der Waals surface area contributed by atoms with Gasteiger partial charge in [0.25, 0.3) is 0 Å². The Labute approximate surface area is 174 Å². The minimum Gasteiger partial charge on any atom is -0.423 e. The van der Waals surface area contributed by atoms with Crippen molar-refractivity contribution in [2.45, 2.75) is 39.7 Å². The van der Waals surface area contributed by atoms with E-state index in [1.54, 1.807) is 0 Å². The normalized spacial score (nSPS) is 15.8. The van der Waals surface area contributed by atoms with Gasteiger partial charge in [0.1, 0.15) is 5.69 Å². The van der Waals surface area contributed by atoms with Crippen molar-refractivity contribution < 1.29 is 13.9 Å². The molecule has 1 aromatic heterocycles. The van der Waals surface area contributed by atoms with E-state index in [0.29, 0.717) is 5.92 Å². The fraction of sp³-hybridized carbons (Fsp3) is 0.609. The molecular formula is C23H35N3O3. The van der Waals surface area contributed by atoms with E-state index in [1.165, 1.54) is 0 Å². The number of hydrogen-bond acceptors (Lipinski definition) is 6. The number of oxazole rings is 1. The number of nitrogens with zero attached hydrogens (tertiary/aromatic N) is 2. The Kier molecular flexibility index (Phi) is 8.52. The highest BCUT2D eigenvalue weighted by Crippen LogP contribution is 2.35. The van der Waals surface area contributed by atoms with Gasteiger partial charge in [0.05, 0.1) is 19.3 Å². The topological polar surface area (TPSA) is 59.8 Å². The second-order valence-electron chi connectivity index (χ2n) is 7.86. The summed E-state index contributed by atoms with van der Waals surface area (Å²) in [7, 11) is 0. The van der Waals surface area contributed by atoms with Gasteiger partial charge in [-0.1, -0.05) is 44.2 Å². The van der Waals surface area contributed by atoms with Crippen LogP contribution in [0.15, 0.2) is 34.7 Å². The maximum Gasteiger partial charge on any atom is 0.224 e. The Morgan fingerprint density at radius 2 is 1.93 bits per heavy atom. The van der Waals surface area contributed by atoms with E-state index in [0.717, 1.165) is 81.9 Å². The lowest BCUT2D eigenvalue weighted by Crippen LogP contribution is -2.36. The third-order valence-electron chi connectivity index (χ3n) is 5.04. The summed E-state index contributed by atoms with van der Waals surface area (Å²) in [5.74, 6) is 2.17. The van der Waals surface area contributed by atoms with Crippen LogP contribution < -0.4 is 10.2 Å². The van der Waals surface area contributed by atoms with Crippen molar-refractivity contribution in [2.24, 2.45) is 5.92 Å². The van der Waals surface area contributed by atoms with Crippen molar-refractivity contribution >= 4 is 5.88 Å². The second kappa shape index (κ2) is 11.3. The molecular weight excluding hydrogens is 366 g/mol. The molecule has 1 saturated heterocycles. The van der Waals surface area contributed by atoms with Gasteiger partial charge in [-0.2, -0.15) is 0 Å². The van der Waals surface area contributed by atoms with Crippen LogP contribution in [-0.2, 0) is 9.47 Å². The summed E-state index contributed by atoms with van der Waals surface area (Å²) >= 11 is 0. The molecule has 0 amide bonds. The number of nitrogens with one attached hydrogen (secondary N) is 1. The van der Waals surface area contributed by atoms with Crippen LogP contribution in [0.1, 0.15) is 45.5 Å². The van der Waals surface area contributed by atoms with Crippen molar-refractivity contribution in [3.05, 3.63) is 36.2 Å². The van der Waals surface area contributed by atoms with E-state index in [2.05, 4.69) is 36.2 Å². The number of ether oxygens (including phenoxy) is 2. The number of aromatic nitrogens is 1. The van der Waals surface area contributed by atoms with Crippen molar-refractivity contribution in [2.75, 3.05) is 51.0 Å². The molecule has 3 rings (SSSR count). The molecule has 0 saturated carbocycles. The summed E-state index contributed by atoms with van der Waals surface area (Å²) in [6.07, 6.45) is 1.96. The van der Waals surface area contributed by atoms with Crippen LogP contribution in [0.4, 0.5) is 5.88 Å². The zero-order chi connectivity index (χ0) is 20.5. The Hall–Kier alpha value is -1.89. The molecule has 0 radical (unpaired) electrons. The molecule has 1 unspecified atom stereocenters. The van der Waals surface area contributed by atoms with Crippen LogP contribution in [0.5, 0.6) is 0 Å². The van der Waals surface area contributed by atoms with Gasteiger partial charge in [0.2, 0.25) is 11.8 Å². The van der Waals surface area contributed by atoms with Crippen LogP contribution in [0.2, 0.25) is 0 Å². The van der Waals surface area contributed by atoms with E-state index in [4.69, 9.17) is 18.9 Å². The molecule has 6 nitrogen and oxygen atoms in total. The van der Waals surface area contributed by atoms with Gasteiger partial charge in [-0.05, 0) is 32.2 Å². The van der Waals surface area contributed by atoms with Gasteiger partial charge in [-0.15, -0.1) is 0 Å². The molecule has 160 valence electrons. The van der Waals surface area contributed by atoms with Crippen molar-refractivity contribution in [3.8, 4) is 11.3 Å². The summed E-state index contributed by atoms with van der Waals surface area (Å²) in [5, 5.41) is 3.64. The van der Waals surface area contributed by atoms with Gasteiger partial charge in [-0.3, -0.25) is 0 Å². The molecule has 1 N–H and O–H groups in total. The van der Waals surface area contributed by atoms with E-state index >= 15 is 0 Å². The van der Waals surface area contributed by atoms with Crippen molar-refractivity contribution in [3.63, 3.8) is 0 Å². The van der Waals surface area contributed by atoms with E-state index in [9.17, 15) is 0 Å². The van der Waals surface area contributed by atoms with Crippen LogP contribution >= 0.6 is 0 Å². The third-order valence-corrected chi connectivity index (χ3v) is 5.04. The van der Waals surface area contributed by atoms with Gasteiger partial charge in [-0.25, -0.2) is 4.98 Å². The summed E-state index contributed by atoms with van der Waals surface area (Å²) in [6, 6.07) is 10.4. The predicted octanol–water partition coefficient (Wildman–Crippen LogP) is 4.28. The molecule has 0 bridgehead atoms. The first-order chi connectivity index (χ1) is 14.2. The molecule has 29 heavy (non-hydrogen) atoms. The summed E-state index contributed by atoms with van der Waals surface area (Å²) in [4.78, 5) is 7.24. The summed E-state index contributed by atoms with van der Waals surface area (Å²) in [5.41, 5.74) is 2.01. The summed E-state index contributed by atoms with van der Waals surface area (Å²) in [6.45, 7) is 12.0. The average molecular weight is 402 g/mol. The minimum atomic E-state index is 0.0916. The smallest absolute Gasteiger partial charge is 0.224 e. The number of rotatable bonds is 11. The number of morpholine rings is 1. The fourth-order valence-electron chi connectivity index (χ4n) is 3.58. The highest BCUT2D eigenvalue weighted by Gasteiger charge is 2.26. The van der Waals surface area contributed by atoms with Crippen LogP contribution in [-0.4, -0.2) is 51.0 Å². The Bertz CT molecular complexity index is 711.